The number of benzene rings is 1. The summed E-state index contributed by atoms with van der Waals surface area (Å²) in [6.07, 6.45) is 2.71. The Morgan fingerprint density at radius 2 is 2.25 bits per heavy atom. The molecule has 0 bridgehead atoms. The third-order valence-electron chi connectivity index (χ3n) is 3.12. The third-order valence-corrected chi connectivity index (χ3v) is 3.12. The van der Waals surface area contributed by atoms with E-state index < -0.39 is 0 Å². The summed E-state index contributed by atoms with van der Waals surface area (Å²) >= 11 is 0. The Labute approximate surface area is 118 Å². The van der Waals surface area contributed by atoms with E-state index in [4.69, 9.17) is 9.47 Å². The van der Waals surface area contributed by atoms with Crippen molar-refractivity contribution >= 4 is 5.95 Å². The number of nitrogens with zero attached hydrogens (tertiary/aromatic N) is 2. The van der Waals surface area contributed by atoms with Crippen LogP contribution in [-0.4, -0.2) is 29.2 Å². The molecule has 1 aliphatic rings. The van der Waals surface area contributed by atoms with E-state index in [1.165, 1.54) is 5.56 Å². The van der Waals surface area contributed by atoms with Crippen molar-refractivity contribution in [1.82, 2.24) is 9.97 Å². The van der Waals surface area contributed by atoms with Crippen molar-refractivity contribution in [2.24, 2.45) is 0 Å². The van der Waals surface area contributed by atoms with Gasteiger partial charge in [0.15, 0.2) is 0 Å². The summed E-state index contributed by atoms with van der Waals surface area (Å²) in [6, 6.07) is 9.87. The SMILES string of the molecule is CCOc1ccnc(NCC2Cc3ccccc3O2)n1. The molecular formula is C15H17N3O2. The molecule has 1 aromatic heterocycles. The van der Waals surface area contributed by atoms with E-state index in [1.54, 1.807) is 12.3 Å². The lowest BCUT2D eigenvalue weighted by molar-refractivity contribution is 0.246. The van der Waals surface area contributed by atoms with Gasteiger partial charge in [0, 0.05) is 18.7 Å². The van der Waals surface area contributed by atoms with Crippen LogP contribution in [-0.2, 0) is 6.42 Å². The maximum Gasteiger partial charge on any atom is 0.226 e. The third kappa shape index (κ3) is 2.82. The van der Waals surface area contributed by atoms with E-state index in [9.17, 15) is 0 Å². The lowest BCUT2D eigenvalue weighted by Crippen LogP contribution is -2.24. The zero-order valence-electron chi connectivity index (χ0n) is 11.4. The van der Waals surface area contributed by atoms with E-state index >= 15 is 0 Å². The van der Waals surface area contributed by atoms with Gasteiger partial charge in [-0.1, -0.05) is 18.2 Å². The number of hydrogen-bond acceptors (Lipinski definition) is 5. The van der Waals surface area contributed by atoms with Crippen LogP contribution in [0.15, 0.2) is 36.5 Å². The highest BCUT2D eigenvalue weighted by molar-refractivity contribution is 5.38. The van der Waals surface area contributed by atoms with Gasteiger partial charge in [-0.25, -0.2) is 4.98 Å². The van der Waals surface area contributed by atoms with Crippen molar-refractivity contribution in [3.8, 4) is 11.6 Å². The first-order chi connectivity index (χ1) is 9.85. The molecule has 0 saturated carbocycles. The average Bonchev–Trinajstić information content (AvgIpc) is 2.89. The average molecular weight is 271 g/mol. The van der Waals surface area contributed by atoms with Crippen LogP contribution in [0.2, 0.25) is 0 Å². The van der Waals surface area contributed by atoms with Crippen LogP contribution in [0.25, 0.3) is 0 Å². The molecule has 1 unspecified atom stereocenters. The molecule has 5 nitrogen and oxygen atoms in total. The number of para-hydroxylation sites is 1. The maximum absolute atomic E-state index is 5.86. The van der Waals surface area contributed by atoms with E-state index in [-0.39, 0.29) is 6.10 Å². The van der Waals surface area contributed by atoms with Gasteiger partial charge in [-0.05, 0) is 18.6 Å². The smallest absolute Gasteiger partial charge is 0.226 e. The Morgan fingerprint density at radius 3 is 3.10 bits per heavy atom. The number of hydrogen-bond donors (Lipinski definition) is 1. The second-order valence-electron chi connectivity index (χ2n) is 4.58. The quantitative estimate of drug-likeness (QED) is 0.904. The first-order valence-electron chi connectivity index (χ1n) is 6.79. The molecule has 1 aromatic carbocycles. The molecule has 1 N–H and O–H groups in total. The number of fused-ring (bicyclic) bond motifs is 1. The van der Waals surface area contributed by atoms with E-state index in [2.05, 4.69) is 21.4 Å². The summed E-state index contributed by atoms with van der Waals surface area (Å²) in [5.74, 6) is 2.12. The molecule has 0 saturated heterocycles. The van der Waals surface area contributed by atoms with Crippen molar-refractivity contribution in [3.05, 3.63) is 42.1 Å². The molecule has 5 heteroatoms. The fraction of sp³-hybridized carbons (Fsp3) is 0.333. The van der Waals surface area contributed by atoms with Gasteiger partial charge >= 0.3 is 0 Å². The van der Waals surface area contributed by atoms with Crippen molar-refractivity contribution in [3.63, 3.8) is 0 Å². The molecule has 0 aliphatic carbocycles. The molecule has 0 radical (unpaired) electrons. The van der Waals surface area contributed by atoms with Crippen molar-refractivity contribution in [2.75, 3.05) is 18.5 Å². The van der Waals surface area contributed by atoms with Gasteiger partial charge in [-0.2, -0.15) is 4.98 Å². The van der Waals surface area contributed by atoms with Gasteiger partial charge in [0.05, 0.1) is 13.2 Å². The largest absolute Gasteiger partial charge is 0.488 e. The fourth-order valence-corrected chi connectivity index (χ4v) is 2.23. The predicted molar refractivity (Wildman–Crippen MR) is 76.3 cm³/mol. The van der Waals surface area contributed by atoms with Gasteiger partial charge in [0.1, 0.15) is 11.9 Å². The highest BCUT2D eigenvalue weighted by Gasteiger charge is 2.22. The highest BCUT2D eigenvalue weighted by atomic mass is 16.5. The second-order valence-corrected chi connectivity index (χ2v) is 4.58. The molecule has 0 spiro atoms. The Kier molecular flexibility index (Phi) is 3.67. The van der Waals surface area contributed by atoms with Crippen molar-refractivity contribution < 1.29 is 9.47 Å². The van der Waals surface area contributed by atoms with Crippen LogP contribution in [0.3, 0.4) is 0 Å². The highest BCUT2D eigenvalue weighted by Crippen LogP contribution is 2.28. The molecule has 0 fully saturated rings. The molecular weight excluding hydrogens is 254 g/mol. The van der Waals surface area contributed by atoms with E-state index in [1.807, 2.05) is 25.1 Å². The number of anilines is 1. The minimum absolute atomic E-state index is 0.117. The van der Waals surface area contributed by atoms with E-state index in [0.717, 1.165) is 12.2 Å². The molecule has 104 valence electrons. The van der Waals surface area contributed by atoms with Gasteiger partial charge in [0.25, 0.3) is 0 Å². The molecule has 1 atom stereocenters. The molecule has 1 aliphatic heterocycles. The first kappa shape index (κ1) is 12.7. The number of rotatable bonds is 5. The standard InChI is InChI=1S/C15H17N3O2/c1-2-19-14-7-8-16-15(18-14)17-10-12-9-11-5-3-4-6-13(11)20-12/h3-8,12H,2,9-10H2,1H3,(H,16,17,18). The van der Waals surface area contributed by atoms with Crippen molar-refractivity contribution in [2.45, 2.75) is 19.4 Å². The Balaban J connectivity index is 1.57. The Hall–Kier alpha value is -2.30. The lowest BCUT2D eigenvalue weighted by atomic mass is 10.1. The Bertz CT molecular complexity index is 564. The molecule has 0 amide bonds. The van der Waals surface area contributed by atoms with E-state index in [0.29, 0.717) is 25.0 Å². The topological polar surface area (TPSA) is 56.3 Å². The van der Waals surface area contributed by atoms with Gasteiger partial charge in [-0.3, -0.25) is 0 Å². The summed E-state index contributed by atoms with van der Waals surface area (Å²) in [5.41, 5.74) is 1.25. The minimum atomic E-state index is 0.117. The zero-order valence-corrected chi connectivity index (χ0v) is 11.4. The Morgan fingerprint density at radius 1 is 1.35 bits per heavy atom. The van der Waals surface area contributed by atoms with Crippen LogP contribution in [0.1, 0.15) is 12.5 Å². The summed E-state index contributed by atoms with van der Waals surface area (Å²) in [6.45, 7) is 3.19. The number of ether oxygens (including phenoxy) is 2. The van der Waals surface area contributed by atoms with Crippen LogP contribution in [0, 0.1) is 0 Å². The predicted octanol–water partition coefficient (Wildman–Crippen LogP) is 2.29. The summed E-state index contributed by atoms with van der Waals surface area (Å²) in [5, 5.41) is 3.19. The molecule has 20 heavy (non-hydrogen) atoms. The van der Waals surface area contributed by atoms with Crippen LogP contribution < -0.4 is 14.8 Å². The summed E-state index contributed by atoms with van der Waals surface area (Å²) in [4.78, 5) is 8.45. The number of nitrogens with one attached hydrogen (secondary N) is 1. The fourth-order valence-electron chi connectivity index (χ4n) is 2.23. The minimum Gasteiger partial charge on any atom is -0.488 e. The van der Waals surface area contributed by atoms with Crippen LogP contribution in [0.4, 0.5) is 5.95 Å². The van der Waals surface area contributed by atoms with Gasteiger partial charge < -0.3 is 14.8 Å². The summed E-state index contributed by atoms with van der Waals surface area (Å²) in [7, 11) is 0. The molecule has 3 rings (SSSR count). The zero-order chi connectivity index (χ0) is 13.8. The van der Waals surface area contributed by atoms with Crippen LogP contribution in [0.5, 0.6) is 11.6 Å². The lowest BCUT2D eigenvalue weighted by Gasteiger charge is -2.12. The molecule has 2 aromatic rings. The first-order valence-corrected chi connectivity index (χ1v) is 6.79. The summed E-state index contributed by atoms with van der Waals surface area (Å²) < 4.78 is 11.2. The van der Waals surface area contributed by atoms with Crippen molar-refractivity contribution in [1.29, 1.82) is 0 Å². The monoisotopic (exact) mass is 271 g/mol. The maximum atomic E-state index is 5.86. The van der Waals surface area contributed by atoms with Gasteiger partial charge in [-0.15, -0.1) is 0 Å². The van der Waals surface area contributed by atoms with Crippen LogP contribution >= 0.6 is 0 Å². The molecule has 2 heterocycles. The van der Waals surface area contributed by atoms with Gasteiger partial charge in [0.2, 0.25) is 11.8 Å². The second kappa shape index (κ2) is 5.77. The number of aromatic nitrogens is 2. The normalized spacial score (nSPS) is 16.4.